The molecule has 0 aliphatic carbocycles. The van der Waals surface area contributed by atoms with Crippen LogP contribution in [-0.2, 0) is 22.4 Å². The Labute approximate surface area is 169 Å². The Kier molecular flexibility index (Phi) is 9.07. The van der Waals surface area contributed by atoms with Gasteiger partial charge >= 0.3 is 0 Å². The molecule has 0 radical (unpaired) electrons. The van der Waals surface area contributed by atoms with Gasteiger partial charge in [-0.15, -0.1) is 0 Å². The van der Waals surface area contributed by atoms with Gasteiger partial charge in [0.2, 0.25) is 0 Å². The summed E-state index contributed by atoms with van der Waals surface area (Å²) in [7, 11) is 0. The Bertz CT molecular complexity index is 602. The van der Waals surface area contributed by atoms with Gasteiger partial charge in [-0.25, -0.2) is 0 Å². The van der Waals surface area contributed by atoms with Gasteiger partial charge in [0.25, 0.3) is 0 Å². The average molecular weight is 389 g/mol. The second kappa shape index (κ2) is 12.0. The lowest BCUT2D eigenvalue weighted by atomic mass is 10.00. The van der Waals surface area contributed by atoms with Crippen LogP contribution in [0.5, 0.6) is 0 Å². The summed E-state index contributed by atoms with van der Waals surface area (Å²) in [5.41, 5.74) is 2.97. The van der Waals surface area contributed by atoms with Crippen molar-refractivity contribution in [1.29, 1.82) is 0 Å². The van der Waals surface area contributed by atoms with Crippen molar-refractivity contribution in [2.45, 2.75) is 32.7 Å². The van der Waals surface area contributed by atoms with Crippen LogP contribution in [0.1, 0.15) is 30.9 Å². The van der Waals surface area contributed by atoms with Gasteiger partial charge in [0.1, 0.15) is 0 Å². The van der Waals surface area contributed by atoms with Gasteiger partial charge < -0.3 is 20.1 Å². The monoisotopic (exact) mass is 388 g/mol. The molecule has 1 fully saturated rings. The van der Waals surface area contributed by atoms with E-state index in [-0.39, 0.29) is 0 Å². The molecule has 2 heterocycles. The third-order valence-corrected chi connectivity index (χ3v) is 5.37. The molecule has 28 heavy (non-hydrogen) atoms. The van der Waals surface area contributed by atoms with Crippen molar-refractivity contribution in [3.63, 3.8) is 0 Å². The summed E-state index contributed by atoms with van der Waals surface area (Å²) < 4.78 is 11.1. The van der Waals surface area contributed by atoms with Crippen molar-refractivity contribution in [2.75, 3.05) is 59.2 Å². The molecule has 2 aliphatic heterocycles. The minimum absolute atomic E-state index is 0.587. The number of nitrogens with zero attached hydrogens (tertiary/aromatic N) is 2. The number of hydrogen-bond donors (Lipinski definition) is 2. The molecule has 0 amide bonds. The number of rotatable bonds is 10. The highest BCUT2D eigenvalue weighted by molar-refractivity contribution is 5.79. The first-order valence-corrected chi connectivity index (χ1v) is 10.8. The SMILES string of the molecule is CCNC(=NCCCOCC1CCOC1)NCCN1CCc2ccccc2C1. The fourth-order valence-corrected chi connectivity index (χ4v) is 3.74. The van der Waals surface area contributed by atoms with E-state index in [4.69, 9.17) is 9.47 Å². The van der Waals surface area contributed by atoms with Crippen LogP contribution in [0.4, 0.5) is 0 Å². The van der Waals surface area contributed by atoms with Crippen molar-refractivity contribution < 1.29 is 9.47 Å². The zero-order valence-electron chi connectivity index (χ0n) is 17.3. The van der Waals surface area contributed by atoms with E-state index in [1.807, 2.05) is 0 Å². The molecule has 6 heteroatoms. The summed E-state index contributed by atoms with van der Waals surface area (Å²) in [5.74, 6) is 1.49. The molecule has 1 aromatic carbocycles. The van der Waals surface area contributed by atoms with Crippen molar-refractivity contribution in [2.24, 2.45) is 10.9 Å². The standard InChI is InChI=1S/C22H36N4O2/c1-2-23-22(24-10-5-14-27-17-19-9-15-28-18-19)25-11-13-26-12-8-20-6-3-4-7-21(20)16-26/h3-4,6-7,19H,2,5,8-18H2,1H3,(H2,23,24,25). The van der Waals surface area contributed by atoms with E-state index in [0.717, 1.165) is 90.9 Å². The van der Waals surface area contributed by atoms with Crippen LogP contribution in [-0.4, -0.2) is 70.0 Å². The number of guanidine groups is 1. The third kappa shape index (κ3) is 7.08. The highest BCUT2D eigenvalue weighted by Gasteiger charge is 2.16. The van der Waals surface area contributed by atoms with E-state index in [9.17, 15) is 0 Å². The van der Waals surface area contributed by atoms with Crippen LogP contribution in [0, 0.1) is 5.92 Å². The number of benzene rings is 1. The van der Waals surface area contributed by atoms with Crippen molar-refractivity contribution in [3.05, 3.63) is 35.4 Å². The lowest BCUT2D eigenvalue weighted by Gasteiger charge is -2.28. The molecule has 0 spiro atoms. The van der Waals surface area contributed by atoms with Crippen LogP contribution in [0.25, 0.3) is 0 Å². The van der Waals surface area contributed by atoms with Gasteiger partial charge in [-0.3, -0.25) is 9.89 Å². The van der Waals surface area contributed by atoms with E-state index in [2.05, 4.69) is 51.7 Å². The summed E-state index contributed by atoms with van der Waals surface area (Å²) in [6.07, 6.45) is 3.24. The topological polar surface area (TPSA) is 58.1 Å². The summed E-state index contributed by atoms with van der Waals surface area (Å²) in [6, 6.07) is 8.79. The molecule has 6 nitrogen and oxygen atoms in total. The molecular weight excluding hydrogens is 352 g/mol. The molecule has 1 unspecified atom stereocenters. The van der Waals surface area contributed by atoms with Crippen molar-refractivity contribution in [1.82, 2.24) is 15.5 Å². The maximum Gasteiger partial charge on any atom is 0.191 e. The highest BCUT2D eigenvalue weighted by Crippen LogP contribution is 2.17. The molecule has 0 bridgehead atoms. The molecule has 0 saturated carbocycles. The minimum Gasteiger partial charge on any atom is -0.381 e. The highest BCUT2D eigenvalue weighted by atomic mass is 16.5. The predicted octanol–water partition coefficient (Wildman–Crippen LogP) is 2.04. The normalized spacial score (nSPS) is 20.2. The van der Waals surface area contributed by atoms with E-state index in [1.54, 1.807) is 0 Å². The van der Waals surface area contributed by atoms with Gasteiger partial charge in [0.05, 0.1) is 13.2 Å². The second-order valence-corrected chi connectivity index (χ2v) is 7.64. The van der Waals surface area contributed by atoms with E-state index >= 15 is 0 Å². The Morgan fingerprint density at radius 3 is 3.00 bits per heavy atom. The first kappa shape index (κ1) is 21.1. The Morgan fingerprint density at radius 1 is 1.29 bits per heavy atom. The third-order valence-electron chi connectivity index (χ3n) is 5.37. The summed E-state index contributed by atoms with van der Waals surface area (Å²) >= 11 is 0. The summed E-state index contributed by atoms with van der Waals surface area (Å²) in [5, 5.41) is 6.80. The fourth-order valence-electron chi connectivity index (χ4n) is 3.74. The molecule has 0 aromatic heterocycles. The van der Waals surface area contributed by atoms with E-state index in [0.29, 0.717) is 5.92 Å². The minimum atomic E-state index is 0.587. The summed E-state index contributed by atoms with van der Waals surface area (Å²) in [4.78, 5) is 7.19. The molecule has 156 valence electrons. The molecule has 1 atom stereocenters. The lowest BCUT2D eigenvalue weighted by molar-refractivity contribution is 0.0893. The maximum atomic E-state index is 5.75. The first-order valence-electron chi connectivity index (χ1n) is 10.8. The van der Waals surface area contributed by atoms with Crippen LogP contribution >= 0.6 is 0 Å². The molecule has 1 aromatic rings. The Morgan fingerprint density at radius 2 is 2.18 bits per heavy atom. The second-order valence-electron chi connectivity index (χ2n) is 7.64. The number of nitrogens with one attached hydrogen (secondary N) is 2. The number of ether oxygens (including phenoxy) is 2. The van der Waals surface area contributed by atoms with Gasteiger partial charge in [-0.1, -0.05) is 24.3 Å². The van der Waals surface area contributed by atoms with Crippen LogP contribution in [0.3, 0.4) is 0 Å². The molecule has 3 rings (SSSR count). The smallest absolute Gasteiger partial charge is 0.191 e. The van der Waals surface area contributed by atoms with Gasteiger partial charge in [0.15, 0.2) is 5.96 Å². The number of fused-ring (bicyclic) bond motifs is 1. The predicted molar refractivity (Wildman–Crippen MR) is 114 cm³/mol. The Hall–Kier alpha value is -1.63. The van der Waals surface area contributed by atoms with Gasteiger partial charge in [-0.05, 0) is 37.3 Å². The summed E-state index contributed by atoms with van der Waals surface area (Å²) in [6.45, 7) is 11.2. The molecular formula is C22H36N4O2. The average Bonchev–Trinajstić information content (AvgIpc) is 3.24. The molecule has 2 N–H and O–H groups in total. The number of hydrogen-bond acceptors (Lipinski definition) is 4. The maximum absolute atomic E-state index is 5.75. The van der Waals surface area contributed by atoms with E-state index < -0.39 is 0 Å². The van der Waals surface area contributed by atoms with Crippen LogP contribution in [0.2, 0.25) is 0 Å². The van der Waals surface area contributed by atoms with Gasteiger partial charge in [0, 0.05) is 58.4 Å². The zero-order chi connectivity index (χ0) is 19.4. The van der Waals surface area contributed by atoms with Crippen molar-refractivity contribution >= 4 is 5.96 Å². The largest absolute Gasteiger partial charge is 0.381 e. The van der Waals surface area contributed by atoms with Crippen molar-refractivity contribution in [3.8, 4) is 0 Å². The zero-order valence-corrected chi connectivity index (χ0v) is 17.3. The number of aliphatic imine (C=N–C) groups is 1. The van der Waals surface area contributed by atoms with Crippen LogP contribution in [0.15, 0.2) is 29.3 Å². The van der Waals surface area contributed by atoms with E-state index in [1.165, 1.54) is 11.1 Å². The fraction of sp³-hybridized carbons (Fsp3) is 0.682. The molecule has 2 aliphatic rings. The quantitative estimate of drug-likeness (QED) is 0.365. The van der Waals surface area contributed by atoms with Gasteiger partial charge in [-0.2, -0.15) is 0 Å². The van der Waals surface area contributed by atoms with Crippen LogP contribution < -0.4 is 10.6 Å². The lowest BCUT2D eigenvalue weighted by Crippen LogP contribution is -2.42. The Balaban J connectivity index is 1.30. The first-order chi connectivity index (χ1) is 13.8. The molecule has 1 saturated heterocycles.